The average Bonchev–Trinajstić information content (AvgIpc) is 2.83. The van der Waals surface area contributed by atoms with Crippen molar-refractivity contribution < 1.29 is 20.8 Å². The van der Waals surface area contributed by atoms with Crippen molar-refractivity contribution in [3.05, 3.63) is 58.7 Å². The molecule has 24 heavy (non-hydrogen) atoms. The van der Waals surface area contributed by atoms with Crippen LogP contribution in [-0.2, 0) is 38.1 Å². The Hall–Kier alpha value is -0.0969. The van der Waals surface area contributed by atoms with E-state index in [9.17, 15) is 0 Å². The third kappa shape index (κ3) is 4.35. The molecule has 1 aliphatic rings. The van der Waals surface area contributed by atoms with E-state index < -0.39 is 20.8 Å². The summed E-state index contributed by atoms with van der Waals surface area (Å²) in [5.74, 6) is 0. The van der Waals surface area contributed by atoms with Crippen LogP contribution in [0.2, 0.25) is 0 Å². The number of hydrogen-bond acceptors (Lipinski definition) is 0. The van der Waals surface area contributed by atoms with Crippen molar-refractivity contribution in [2.45, 2.75) is 58.8 Å². The maximum absolute atomic E-state index is 4.93. The quantitative estimate of drug-likeness (QED) is 0.346. The van der Waals surface area contributed by atoms with Crippen molar-refractivity contribution in [1.82, 2.24) is 0 Å². The molecule has 2 aromatic rings. The van der Waals surface area contributed by atoms with Gasteiger partial charge in [-0.15, -0.1) is 0 Å². The zero-order valence-corrected chi connectivity index (χ0v) is 19.4. The van der Waals surface area contributed by atoms with Crippen LogP contribution in [0.1, 0.15) is 63.8 Å². The molecule has 0 unspecified atom stereocenters. The van der Waals surface area contributed by atoms with Crippen molar-refractivity contribution in [3.63, 3.8) is 0 Å². The van der Waals surface area contributed by atoms with Crippen molar-refractivity contribution in [3.8, 4) is 11.1 Å². The maximum atomic E-state index is 4.93. The Morgan fingerprint density at radius 1 is 0.833 bits per heavy atom. The summed E-state index contributed by atoms with van der Waals surface area (Å²) < 4.78 is 0. The van der Waals surface area contributed by atoms with Crippen LogP contribution in [0, 0.1) is 0 Å². The Labute approximate surface area is 165 Å². The second-order valence-electron chi connectivity index (χ2n) is 8.45. The van der Waals surface area contributed by atoms with E-state index in [0.717, 1.165) is 6.42 Å². The number of halogens is 2. The first-order valence-electron chi connectivity index (χ1n) is 8.32. The van der Waals surface area contributed by atoms with Gasteiger partial charge in [0, 0.05) is 0 Å². The van der Waals surface area contributed by atoms with Crippen molar-refractivity contribution in [2.75, 3.05) is 0 Å². The first-order valence-corrected chi connectivity index (χ1v) is 14.6. The molecule has 0 saturated carbocycles. The van der Waals surface area contributed by atoms with Gasteiger partial charge in [-0.05, 0) is 50.6 Å². The van der Waals surface area contributed by atoms with Crippen LogP contribution in [0.3, 0.4) is 0 Å². The van der Waals surface area contributed by atoms with Crippen molar-refractivity contribution in [2.24, 2.45) is 0 Å². The summed E-state index contributed by atoms with van der Waals surface area (Å²) in [7, 11) is 9.87. The molecule has 1 aliphatic carbocycles. The van der Waals surface area contributed by atoms with Gasteiger partial charge in [0.15, 0.2) is 0 Å². The fourth-order valence-corrected chi connectivity index (χ4v) is 3.37. The van der Waals surface area contributed by atoms with Crippen LogP contribution in [0.25, 0.3) is 11.1 Å². The predicted molar refractivity (Wildman–Crippen MR) is 104 cm³/mol. The van der Waals surface area contributed by atoms with Crippen LogP contribution in [0.5, 0.6) is 0 Å². The van der Waals surface area contributed by atoms with Gasteiger partial charge < -0.3 is 0 Å². The van der Waals surface area contributed by atoms with Gasteiger partial charge >= 0.3 is 37.9 Å². The number of rotatable bonds is 0. The van der Waals surface area contributed by atoms with E-state index in [0.29, 0.717) is 0 Å². The van der Waals surface area contributed by atoms with Gasteiger partial charge in [0.1, 0.15) is 0 Å². The molecule has 0 aliphatic heterocycles. The van der Waals surface area contributed by atoms with E-state index in [-0.39, 0.29) is 10.8 Å². The molecular weight excluding hydrogens is 414 g/mol. The molecule has 2 aromatic carbocycles. The van der Waals surface area contributed by atoms with Crippen LogP contribution >= 0.6 is 17.0 Å². The second kappa shape index (κ2) is 7.65. The van der Waals surface area contributed by atoms with Crippen molar-refractivity contribution >= 4 is 17.0 Å². The molecule has 0 saturated heterocycles. The summed E-state index contributed by atoms with van der Waals surface area (Å²) in [4.78, 5) is 0. The normalized spacial score (nSPS) is 12.8. The molecule has 128 valence electrons. The fourth-order valence-electron chi connectivity index (χ4n) is 3.37. The first-order chi connectivity index (χ1) is 11.1. The minimum atomic E-state index is -0.826. The van der Waals surface area contributed by atoms with Crippen LogP contribution in [-0.4, -0.2) is 0 Å². The minimum absolute atomic E-state index is 0.208. The van der Waals surface area contributed by atoms with E-state index in [2.05, 4.69) is 77.9 Å². The Bertz CT molecular complexity index is 722. The number of hydrogen-bond donors (Lipinski definition) is 0. The summed E-state index contributed by atoms with van der Waals surface area (Å²) in [5, 5.41) is 0. The molecule has 0 aromatic heterocycles. The molecular formula is C21H26Cl2Zr. The third-order valence-corrected chi connectivity index (χ3v) is 4.62. The third-order valence-electron chi connectivity index (χ3n) is 4.62. The summed E-state index contributed by atoms with van der Waals surface area (Å²) in [5.41, 5.74) is 9.25. The molecule has 0 bridgehead atoms. The first kappa shape index (κ1) is 20.2. The molecule has 0 heterocycles. The molecule has 3 rings (SSSR count). The van der Waals surface area contributed by atoms with E-state index in [4.69, 9.17) is 17.0 Å². The van der Waals surface area contributed by atoms with Gasteiger partial charge in [0.2, 0.25) is 0 Å². The van der Waals surface area contributed by atoms with Crippen molar-refractivity contribution in [1.29, 1.82) is 0 Å². The van der Waals surface area contributed by atoms with Crippen LogP contribution in [0.15, 0.2) is 36.4 Å². The number of fused-ring (bicyclic) bond motifs is 3. The summed E-state index contributed by atoms with van der Waals surface area (Å²) in [6.45, 7) is 13.8. The Morgan fingerprint density at radius 2 is 1.46 bits per heavy atom. The van der Waals surface area contributed by atoms with Gasteiger partial charge in [-0.3, -0.25) is 0 Å². The molecule has 0 amide bonds. The summed E-state index contributed by atoms with van der Waals surface area (Å²) >= 11 is -0.826. The second-order valence-corrected chi connectivity index (χ2v) is 12.2. The molecule has 0 fully saturated rings. The van der Waals surface area contributed by atoms with E-state index in [1.165, 1.54) is 33.4 Å². The van der Waals surface area contributed by atoms with Gasteiger partial charge in [-0.2, -0.15) is 0 Å². The van der Waals surface area contributed by atoms with Crippen LogP contribution in [0.4, 0.5) is 0 Å². The summed E-state index contributed by atoms with van der Waals surface area (Å²) in [6.07, 6.45) is 1.09. The zero-order chi connectivity index (χ0) is 18.1. The standard InChI is InChI=1S/C21H26.2ClH.Zr/c1-20(2,3)15-11-10-14-12-18-16(17(14)13-15)8-7-9-19(18)21(4,5)6;;;/h7-11,13H,12H2,1-6H3;2*1H;/q;;;+2/p-2. The van der Waals surface area contributed by atoms with E-state index in [1.54, 1.807) is 0 Å². The Kier molecular flexibility index (Phi) is 6.44. The average molecular weight is 441 g/mol. The van der Waals surface area contributed by atoms with Gasteiger partial charge in [0.25, 0.3) is 0 Å². The van der Waals surface area contributed by atoms with E-state index >= 15 is 0 Å². The zero-order valence-electron chi connectivity index (χ0n) is 15.4. The molecule has 0 N–H and O–H groups in total. The number of benzene rings is 2. The molecule has 0 radical (unpaired) electrons. The predicted octanol–water partition coefficient (Wildman–Crippen LogP) is 7.23. The summed E-state index contributed by atoms with van der Waals surface area (Å²) in [6, 6.07) is 13.9. The van der Waals surface area contributed by atoms with Gasteiger partial charge in [-0.25, -0.2) is 0 Å². The fraction of sp³-hybridized carbons (Fsp3) is 0.429. The molecule has 3 heteroatoms. The van der Waals surface area contributed by atoms with Gasteiger partial charge in [0.05, 0.1) is 0 Å². The molecule has 0 atom stereocenters. The SMILES string of the molecule is CC(C)(C)c1ccc2c(c1)-c1cccc(C(C)(C)C)c1C2.[Cl][Zr][Cl]. The monoisotopic (exact) mass is 438 g/mol. The Balaban J connectivity index is 0.000000647. The van der Waals surface area contributed by atoms with Gasteiger partial charge in [-0.1, -0.05) is 77.9 Å². The molecule has 0 spiro atoms. The van der Waals surface area contributed by atoms with Crippen LogP contribution < -0.4 is 0 Å². The topological polar surface area (TPSA) is 0 Å². The Morgan fingerprint density at radius 3 is 2.00 bits per heavy atom. The van der Waals surface area contributed by atoms with E-state index in [1.807, 2.05) is 0 Å². The molecule has 0 nitrogen and oxygen atoms in total.